The molecule has 1 aromatic carbocycles. The second kappa shape index (κ2) is 5.89. The highest BCUT2D eigenvalue weighted by molar-refractivity contribution is 5.96. The van der Waals surface area contributed by atoms with Gasteiger partial charge in [0.2, 0.25) is 0 Å². The van der Waals surface area contributed by atoms with Crippen molar-refractivity contribution in [3.8, 4) is 0 Å². The number of carboxylic acid groups (broad SMARTS) is 1. The Kier molecular flexibility index (Phi) is 4.69. The monoisotopic (exact) mass is 293 g/mol. The predicted molar refractivity (Wildman–Crippen MR) is 61.0 cm³/mol. The number of carbonyl (C=O) groups excluding carboxylic acids is 1. The number of halogens is 4. The first kappa shape index (κ1) is 15.9. The van der Waals surface area contributed by atoms with Gasteiger partial charge in [-0.15, -0.1) is 0 Å². The van der Waals surface area contributed by atoms with E-state index in [0.717, 1.165) is 12.1 Å². The molecule has 0 fully saturated rings. The van der Waals surface area contributed by atoms with Gasteiger partial charge >= 0.3 is 12.1 Å². The van der Waals surface area contributed by atoms with Gasteiger partial charge in [0.05, 0.1) is 11.1 Å². The third-order valence-corrected chi connectivity index (χ3v) is 2.49. The lowest BCUT2D eigenvalue weighted by Gasteiger charge is -2.22. The Morgan fingerprint density at radius 1 is 1.30 bits per heavy atom. The van der Waals surface area contributed by atoms with Gasteiger partial charge in [-0.1, -0.05) is 0 Å². The molecule has 0 bridgehead atoms. The van der Waals surface area contributed by atoms with Crippen LogP contribution in [0.5, 0.6) is 0 Å². The molecule has 0 aliphatic heterocycles. The Labute approximate surface area is 111 Å². The zero-order valence-electron chi connectivity index (χ0n) is 10.4. The number of rotatable bonds is 4. The molecule has 0 saturated carbocycles. The molecule has 0 aliphatic carbocycles. The van der Waals surface area contributed by atoms with Gasteiger partial charge in [-0.2, -0.15) is 13.2 Å². The number of hydrogen-bond donors (Lipinski definition) is 1. The SMILES string of the molecule is CCN(CC(F)(F)F)C(=O)c1ccc(C(=O)O)cc1F. The molecule has 0 saturated heterocycles. The van der Waals surface area contributed by atoms with Crippen molar-refractivity contribution in [1.29, 1.82) is 0 Å². The molecule has 8 heteroatoms. The quantitative estimate of drug-likeness (QED) is 0.868. The Hall–Kier alpha value is -2.12. The van der Waals surface area contributed by atoms with Gasteiger partial charge in [0, 0.05) is 6.54 Å². The minimum atomic E-state index is -4.59. The van der Waals surface area contributed by atoms with Crippen LogP contribution in [0.1, 0.15) is 27.6 Å². The van der Waals surface area contributed by atoms with Crippen molar-refractivity contribution in [2.24, 2.45) is 0 Å². The van der Waals surface area contributed by atoms with Gasteiger partial charge in [0.1, 0.15) is 12.4 Å². The van der Waals surface area contributed by atoms with Crippen LogP contribution in [-0.4, -0.2) is 41.1 Å². The number of alkyl halides is 3. The van der Waals surface area contributed by atoms with Crippen LogP contribution >= 0.6 is 0 Å². The van der Waals surface area contributed by atoms with E-state index in [2.05, 4.69) is 0 Å². The average Bonchev–Trinajstić information content (AvgIpc) is 2.33. The molecule has 0 spiro atoms. The van der Waals surface area contributed by atoms with Crippen molar-refractivity contribution >= 4 is 11.9 Å². The molecular formula is C12H11F4NO3. The van der Waals surface area contributed by atoms with Crippen LogP contribution in [0, 0.1) is 5.82 Å². The Morgan fingerprint density at radius 3 is 2.30 bits per heavy atom. The van der Waals surface area contributed by atoms with Crippen molar-refractivity contribution in [1.82, 2.24) is 4.90 Å². The van der Waals surface area contributed by atoms with Gasteiger partial charge in [-0.05, 0) is 25.1 Å². The number of aromatic carboxylic acids is 1. The third-order valence-electron chi connectivity index (χ3n) is 2.49. The summed E-state index contributed by atoms with van der Waals surface area (Å²) in [5.74, 6) is -3.71. The summed E-state index contributed by atoms with van der Waals surface area (Å²) < 4.78 is 50.4. The molecule has 20 heavy (non-hydrogen) atoms. The lowest BCUT2D eigenvalue weighted by atomic mass is 10.1. The standard InChI is InChI=1S/C12H11F4NO3/c1-2-17(6-12(14,15)16)10(18)8-4-3-7(11(19)20)5-9(8)13/h3-5H,2,6H2,1H3,(H,19,20). The number of carbonyl (C=O) groups is 2. The largest absolute Gasteiger partial charge is 0.478 e. The summed E-state index contributed by atoms with van der Waals surface area (Å²) in [6, 6.07) is 2.41. The number of benzene rings is 1. The molecular weight excluding hydrogens is 282 g/mol. The van der Waals surface area contributed by atoms with E-state index in [1.807, 2.05) is 0 Å². The highest BCUT2D eigenvalue weighted by Gasteiger charge is 2.33. The molecule has 0 atom stereocenters. The average molecular weight is 293 g/mol. The molecule has 0 aromatic heterocycles. The van der Waals surface area contributed by atoms with Crippen LogP contribution in [0.15, 0.2) is 18.2 Å². The summed E-state index contributed by atoms with van der Waals surface area (Å²) in [4.78, 5) is 22.8. The molecule has 1 aromatic rings. The summed E-state index contributed by atoms with van der Waals surface area (Å²) in [5.41, 5.74) is -0.987. The van der Waals surface area contributed by atoms with Gasteiger partial charge < -0.3 is 10.0 Å². The highest BCUT2D eigenvalue weighted by atomic mass is 19.4. The smallest absolute Gasteiger partial charge is 0.406 e. The zero-order valence-corrected chi connectivity index (χ0v) is 10.4. The second-order valence-corrected chi connectivity index (χ2v) is 3.93. The maximum Gasteiger partial charge on any atom is 0.406 e. The topological polar surface area (TPSA) is 57.6 Å². The van der Waals surface area contributed by atoms with Gasteiger partial charge in [0.15, 0.2) is 0 Å². The third kappa shape index (κ3) is 3.94. The van der Waals surface area contributed by atoms with Gasteiger partial charge in [0.25, 0.3) is 5.91 Å². The lowest BCUT2D eigenvalue weighted by molar-refractivity contribution is -0.140. The Balaban J connectivity index is 3.04. The summed E-state index contributed by atoms with van der Waals surface area (Å²) in [7, 11) is 0. The summed E-state index contributed by atoms with van der Waals surface area (Å²) >= 11 is 0. The highest BCUT2D eigenvalue weighted by Crippen LogP contribution is 2.19. The van der Waals surface area contributed by atoms with Crippen molar-refractivity contribution in [3.05, 3.63) is 35.1 Å². The lowest BCUT2D eigenvalue weighted by Crippen LogP contribution is -2.39. The first-order chi connectivity index (χ1) is 9.15. The minimum absolute atomic E-state index is 0.252. The first-order valence-electron chi connectivity index (χ1n) is 5.54. The summed E-state index contributed by atoms with van der Waals surface area (Å²) in [6.07, 6.45) is -4.59. The fourth-order valence-electron chi connectivity index (χ4n) is 1.54. The predicted octanol–water partition coefficient (Wildman–Crippen LogP) is 2.55. The van der Waals surface area contributed by atoms with Crippen molar-refractivity contribution in [2.45, 2.75) is 13.1 Å². The molecule has 1 rings (SSSR count). The zero-order chi connectivity index (χ0) is 15.5. The second-order valence-electron chi connectivity index (χ2n) is 3.93. The fraction of sp³-hybridized carbons (Fsp3) is 0.333. The molecule has 1 N–H and O–H groups in total. The van der Waals surface area contributed by atoms with E-state index in [-0.39, 0.29) is 6.54 Å². The number of hydrogen-bond acceptors (Lipinski definition) is 2. The summed E-state index contributed by atoms with van der Waals surface area (Å²) in [5, 5.41) is 8.64. The first-order valence-corrected chi connectivity index (χ1v) is 5.54. The molecule has 0 unspecified atom stereocenters. The van der Waals surface area contributed by atoms with Crippen LogP contribution < -0.4 is 0 Å². The van der Waals surface area contributed by atoms with Crippen LogP contribution in [0.2, 0.25) is 0 Å². The molecule has 4 nitrogen and oxygen atoms in total. The molecule has 0 radical (unpaired) electrons. The van der Waals surface area contributed by atoms with Crippen LogP contribution in [0.4, 0.5) is 17.6 Å². The van der Waals surface area contributed by atoms with Crippen molar-refractivity contribution in [3.63, 3.8) is 0 Å². The Morgan fingerprint density at radius 2 is 1.90 bits per heavy atom. The van der Waals surface area contributed by atoms with Gasteiger partial charge in [-0.3, -0.25) is 4.79 Å². The van der Waals surface area contributed by atoms with E-state index in [4.69, 9.17) is 5.11 Å². The number of nitrogens with zero attached hydrogens (tertiary/aromatic N) is 1. The Bertz CT molecular complexity index is 528. The van der Waals surface area contributed by atoms with E-state index >= 15 is 0 Å². The maximum atomic E-state index is 13.6. The van der Waals surface area contributed by atoms with Crippen LogP contribution in [-0.2, 0) is 0 Å². The number of amides is 1. The van der Waals surface area contributed by atoms with E-state index in [1.165, 1.54) is 6.92 Å². The van der Waals surface area contributed by atoms with Crippen molar-refractivity contribution in [2.75, 3.05) is 13.1 Å². The molecule has 0 heterocycles. The van der Waals surface area contributed by atoms with E-state index in [0.29, 0.717) is 11.0 Å². The van der Waals surface area contributed by atoms with Crippen LogP contribution in [0.3, 0.4) is 0 Å². The van der Waals surface area contributed by atoms with Crippen LogP contribution in [0.25, 0.3) is 0 Å². The molecule has 110 valence electrons. The fourth-order valence-corrected chi connectivity index (χ4v) is 1.54. The van der Waals surface area contributed by atoms with Crippen molar-refractivity contribution < 1.29 is 32.3 Å². The molecule has 1 amide bonds. The normalized spacial score (nSPS) is 11.2. The van der Waals surface area contributed by atoms with E-state index in [1.54, 1.807) is 0 Å². The molecule has 0 aliphatic rings. The van der Waals surface area contributed by atoms with E-state index < -0.39 is 41.5 Å². The number of carboxylic acids is 1. The minimum Gasteiger partial charge on any atom is -0.478 e. The van der Waals surface area contributed by atoms with Gasteiger partial charge in [-0.25, -0.2) is 9.18 Å². The summed E-state index contributed by atoms with van der Waals surface area (Å²) in [6.45, 7) is -0.423. The maximum absolute atomic E-state index is 13.6. The van der Waals surface area contributed by atoms with E-state index in [9.17, 15) is 27.2 Å².